The van der Waals surface area contributed by atoms with Gasteiger partial charge in [0.05, 0.1) is 0 Å². The third kappa shape index (κ3) is 1.45. The van der Waals surface area contributed by atoms with E-state index in [1.807, 2.05) is 0 Å². The minimum Gasteiger partial charge on any atom is -0.399 e. The predicted octanol–water partition coefficient (Wildman–Crippen LogP) is 0.655. The van der Waals surface area contributed by atoms with E-state index < -0.39 is 5.82 Å². The van der Waals surface area contributed by atoms with Gasteiger partial charge in [0, 0.05) is 0 Å². The van der Waals surface area contributed by atoms with Crippen LogP contribution < -0.4 is 5.82 Å². The van der Waals surface area contributed by atoms with Crippen LogP contribution in [0.3, 0.4) is 0 Å². The molecule has 1 aromatic heterocycles. The van der Waals surface area contributed by atoms with Crippen LogP contribution in [0.1, 0.15) is 0 Å². The molecule has 0 atom stereocenters. The first kappa shape index (κ1) is 6.30. The molecule has 0 aliphatic carbocycles. The summed E-state index contributed by atoms with van der Waals surface area (Å²) in [6.45, 7) is 0. The summed E-state index contributed by atoms with van der Waals surface area (Å²) >= 11 is 0. The second-order valence-electron chi connectivity index (χ2n) is 0.758. The summed E-state index contributed by atoms with van der Waals surface area (Å²) in [5, 5.41) is 0. The van der Waals surface area contributed by atoms with E-state index in [0.29, 0.717) is 0 Å². The summed E-state index contributed by atoms with van der Waals surface area (Å²) in [6.07, 6.45) is 2.37. The highest BCUT2D eigenvalue weighted by Gasteiger charge is 1.77. The third-order valence-electron chi connectivity index (χ3n) is 0.384. The first-order chi connectivity index (χ1) is 2.89. The highest BCUT2D eigenvalue weighted by molar-refractivity contribution is 5.85. The maximum absolute atomic E-state index is 9.74. The van der Waals surface area contributed by atoms with Crippen molar-refractivity contribution in [3.8, 4) is 0 Å². The SMILES string of the molecule is Cl.O=c1occo1. The Morgan fingerprint density at radius 3 is 1.86 bits per heavy atom. The van der Waals surface area contributed by atoms with Crippen LogP contribution in [-0.4, -0.2) is 0 Å². The van der Waals surface area contributed by atoms with Gasteiger partial charge in [-0.25, -0.2) is 4.79 Å². The smallest absolute Gasteiger partial charge is 0.399 e. The minimum absolute atomic E-state index is 0. The van der Waals surface area contributed by atoms with Crippen molar-refractivity contribution in [2.75, 3.05) is 0 Å². The number of halogens is 1. The van der Waals surface area contributed by atoms with Gasteiger partial charge in [0.25, 0.3) is 0 Å². The van der Waals surface area contributed by atoms with Crippen molar-refractivity contribution < 1.29 is 8.83 Å². The van der Waals surface area contributed by atoms with E-state index in [1.54, 1.807) is 0 Å². The van der Waals surface area contributed by atoms with Crippen LogP contribution in [0.2, 0.25) is 0 Å². The van der Waals surface area contributed by atoms with Crippen LogP contribution in [0.25, 0.3) is 0 Å². The van der Waals surface area contributed by atoms with Crippen molar-refractivity contribution in [3.63, 3.8) is 0 Å². The third-order valence-corrected chi connectivity index (χ3v) is 0.384. The van der Waals surface area contributed by atoms with Crippen LogP contribution >= 0.6 is 12.4 Å². The van der Waals surface area contributed by atoms with Gasteiger partial charge in [-0.2, -0.15) is 0 Å². The van der Waals surface area contributed by atoms with E-state index in [9.17, 15) is 4.79 Å². The lowest BCUT2D eigenvalue weighted by Gasteiger charge is -1.49. The quantitative estimate of drug-likeness (QED) is 0.508. The molecule has 40 valence electrons. The first-order valence-corrected chi connectivity index (χ1v) is 1.42. The standard InChI is InChI=1S/C3H2O3.ClH/c4-3-5-1-2-6-3;/h1-2H;1H. The first-order valence-electron chi connectivity index (χ1n) is 1.42. The average molecular weight is 123 g/mol. The molecule has 0 amide bonds. The molecule has 7 heavy (non-hydrogen) atoms. The van der Waals surface area contributed by atoms with E-state index in [2.05, 4.69) is 8.83 Å². The number of hydrogen-bond acceptors (Lipinski definition) is 3. The lowest BCUT2D eigenvalue weighted by Crippen LogP contribution is -1.83. The fourth-order valence-electron chi connectivity index (χ4n) is 0.194. The average Bonchev–Trinajstić information content (AvgIpc) is 1.86. The van der Waals surface area contributed by atoms with Crippen molar-refractivity contribution in [2.45, 2.75) is 0 Å². The molecule has 1 heterocycles. The van der Waals surface area contributed by atoms with E-state index in [1.165, 1.54) is 12.5 Å². The highest BCUT2D eigenvalue weighted by Crippen LogP contribution is 1.70. The van der Waals surface area contributed by atoms with Crippen molar-refractivity contribution in [3.05, 3.63) is 23.1 Å². The fourth-order valence-corrected chi connectivity index (χ4v) is 0.194. The molecule has 0 N–H and O–H groups in total. The van der Waals surface area contributed by atoms with Gasteiger partial charge in [-0.3, -0.25) is 0 Å². The van der Waals surface area contributed by atoms with Crippen molar-refractivity contribution in [2.24, 2.45) is 0 Å². The summed E-state index contributed by atoms with van der Waals surface area (Å²) in [7, 11) is 0. The topological polar surface area (TPSA) is 43.4 Å². The molecule has 1 aromatic rings. The fraction of sp³-hybridized carbons (Fsp3) is 0. The zero-order chi connectivity index (χ0) is 4.41. The second-order valence-corrected chi connectivity index (χ2v) is 0.758. The van der Waals surface area contributed by atoms with Crippen molar-refractivity contribution in [1.82, 2.24) is 0 Å². The van der Waals surface area contributed by atoms with Gasteiger partial charge < -0.3 is 8.83 Å². The Bertz CT molecular complexity index is 148. The lowest BCUT2D eigenvalue weighted by atomic mass is 11.1. The Hall–Kier alpha value is -0.700. The largest absolute Gasteiger partial charge is 0.518 e. The Labute approximate surface area is 45.3 Å². The molecule has 4 heteroatoms. The Kier molecular flexibility index (Phi) is 2.22. The molecule has 0 bridgehead atoms. The van der Waals surface area contributed by atoms with Gasteiger partial charge in [-0.05, 0) is 0 Å². The van der Waals surface area contributed by atoms with Gasteiger partial charge in [-0.1, -0.05) is 0 Å². The summed E-state index contributed by atoms with van der Waals surface area (Å²) < 4.78 is 8.22. The lowest BCUT2D eigenvalue weighted by molar-refractivity contribution is 0.385. The molecular formula is C3H3ClO3. The maximum atomic E-state index is 9.74. The number of hydrogen-bond donors (Lipinski definition) is 0. The maximum Gasteiger partial charge on any atom is 0.518 e. The van der Waals surface area contributed by atoms with E-state index >= 15 is 0 Å². The molecule has 1 rings (SSSR count). The molecule has 0 saturated carbocycles. The van der Waals surface area contributed by atoms with Crippen molar-refractivity contribution in [1.29, 1.82) is 0 Å². The summed E-state index contributed by atoms with van der Waals surface area (Å²) in [6, 6.07) is 0. The van der Waals surface area contributed by atoms with Gasteiger partial charge in [0.1, 0.15) is 12.5 Å². The summed E-state index contributed by atoms with van der Waals surface area (Å²) in [5.74, 6) is -0.657. The normalized spacial score (nSPS) is 7.43. The van der Waals surface area contributed by atoms with E-state index in [0.717, 1.165) is 0 Å². The Morgan fingerprint density at radius 2 is 1.71 bits per heavy atom. The molecule has 0 spiro atoms. The molecule has 0 radical (unpaired) electrons. The molecule has 0 saturated heterocycles. The van der Waals surface area contributed by atoms with Gasteiger partial charge in [0.15, 0.2) is 0 Å². The predicted molar refractivity (Wildman–Crippen MR) is 24.5 cm³/mol. The minimum atomic E-state index is -0.657. The zero-order valence-corrected chi connectivity index (χ0v) is 4.10. The summed E-state index contributed by atoms with van der Waals surface area (Å²) in [5.41, 5.74) is 0. The molecule has 0 aliphatic rings. The van der Waals surface area contributed by atoms with Crippen LogP contribution in [0, 0.1) is 0 Å². The Morgan fingerprint density at radius 1 is 1.29 bits per heavy atom. The van der Waals surface area contributed by atoms with Crippen LogP contribution in [-0.2, 0) is 0 Å². The second kappa shape index (κ2) is 2.47. The van der Waals surface area contributed by atoms with E-state index in [4.69, 9.17) is 0 Å². The zero-order valence-electron chi connectivity index (χ0n) is 3.29. The van der Waals surface area contributed by atoms with Crippen LogP contribution in [0.5, 0.6) is 0 Å². The highest BCUT2D eigenvalue weighted by atomic mass is 35.5. The molecular weight excluding hydrogens is 119 g/mol. The summed E-state index contributed by atoms with van der Waals surface area (Å²) in [4.78, 5) is 9.74. The monoisotopic (exact) mass is 122 g/mol. The molecule has 0 fully saturated rings. The van der Waals surface area contributed by atoms with E-state index in [-0.39, 0.29) is 12.4 Å². The molecule has 0 unspecified atom stereocenters. The molecule has 0 aliphatic heterocycles. The Balaban J connectivity index is 0.000000360. The van der Waals surface area contributed by atoms with Crippen LogP contribution in [0.15, 0.2) is 26.2 Å². The van der Waals surface area contributed by atoms with Crippen LogP contribution in [0.4, 0.5) is 0 Å². The number of rotatable bonds is 0. The molecule has 3 nitrogen and oxygen atoms in total. The van der Waals surface area contributed by atoms with Crippen molar-refractivity contribution >= 4 is 12.4 Å². The van der Waals surface area contributed by atoms with Gasteiger partial charge >= 0.3 is 5.82 Å². The van der Waals surface area contributed by atoms with Gasteiger partial charge in [0.2, 0.25) is 0 Å². The van der Waals surface area contributed by atoms with Gasteiger partial charge in [-0.15, -0.1) is 12.4 Å². The molecule has 0 aromatic carbocycles.